The third-order valence-electron chi connectivity index (χ3n) is 6.23. The summed E-state index contributed by atoms with van der Waals surface area (Å²) in [5, 5.41) is 15.1. The number of rotatable bonds is 6. The molecule has 6 heteroatoms. The minimum Gasteiger partial charge on any atom is -0.363 e. The van der Waals surface area contributed by atoms with Crippen LogP contribution in [0.3, 0.4) is 0 Å². The van der Waals surface area contributed by atoms with E-state index in [1.807, 2.05) is 0 Å². The van der Waals surface area contributed by atoms with E-state index < -0.39 is 0 Å². The molecule has 0 unspecified atom stereocenters. The van der Waals surface area contributed by atoms with Crippen LogP contribution >= 0.6 is 24.4 Å². The van der Waals surface area contributed by atoms with Gasteiger partial charge >= 0.3 is 0 Å². The summed E-state index contributed by atoms with van der Waals surface area (Å²) < 4.78 is 0. The van der Waals surface area contributed by atoms with Gasteiger partial charge in [0.1, 0.15) is 0 Å². The van der Waals surface area contributed by atoms with Crippen LogP contribution in [0.15, 0.2) is 0 Å². The van der Waals surface area contributed by atoms with E-state index in [0.29, 0.717) is 10.8 Å². The SMILES string of the molecule is CCNC(=S)NCC12CC3CC(C1)CC(CNC(=S)NCC)(C3)C2. The van der Waals surface area contributed by atoms with E-state index in [0.717, 1.165) is 48.2 Å². The van der Waals surface area contributed by atoms with E-state index in [1.165, 1.54) is 38.5 Å². The smallest absolute Gasteiger partial charge is 0.166 e. The Morgan fingerprint density at radius 1 is 0.792 bits per heavy atom. The highest BCUT2D eigenvalue weighted by molar-refractivity contribution is 7.80. The molecule has 4 N–H and O–H groups in total. The van der Waals surface area contributed by atoms with Gasteiger partial charge in [-0.1, -0.05) is 0 Å². The topological polar surface area (TPSA) is 48.1 Å². The van der Waals surface area contributed by atoms with Crippen molar-refractivity contribution in [3.63, 3.8) is 0 Å². The summed E-state index contributed by atoms with van der Waals surface area (Å²) in [7, 11) is 0. The highest BCUT2D eigenvalue weighted by atomic mass is 32.1. The Morgan fingerprint density at radius 2 is 1.21 bits per heavy atom. The summed E-state index contributed by atoms with van der Waals surface area (Å²) in [5.74, 6) is 1.80. The van der Waals surface area contributed by atoms with Crippen LogP contribution in [0.1, 0.15) is 52.4 Å². The average molecular weight is 369 g/mol. The molecule has 24 heavy (non-hydrogen) atoms. The lowest BCUT2D eigenvalue weighted by molar-refractivity contribution is -0.104. The van der Waals surface area contributed by atoms with Crippen LogP contribution in [0, 0.1) is 22.7 Å². The average Bonchev–Trinajstić information content (AvgIpc) is 2.51. The zero-order chi connectivity index (χ0) is 17.2. The Morgan fingerprint density at radius 3 is 1.58 bits per heavy atom. The first-order valence-electron chi connectivity index (χ1n) is 9.51. The van der Waals surface area contributed by atoms with Gasteiger partial charge in [-0.05, 0) is 99.5 Å². The summed E-state index contributed by atoms with van der Waals surface area (Å²) in [6.45, 7) is 8.02. The minimum atomic E-state index is 0.436. The fraction of sp³-hybridized carbons (Fsp3) is 0.889. The largest absolute Gasteiger partial charge is 0.363 e. The second-order valence-electron chi connectivity index (χ2n) is 8.39. The van der Waals surface area contributed by atoms with Gasteiger partial charge in [-0.3, -0.25) is 0 Å². The molecule has 4 aliphatic rings. The fourth-order valence-electron chi connectivity index (χ4n) is 6.04. The molecular weight excluding hydrogens is 336 g/mol. The predicted octanol–water partition coefficient (Wildman–Crippen LogP) is 2.54. The third-order valence-corrected chi connectivity index (χ3v) is 6.80. The first kappa shape index (κ1) is 18.2. The summed E-state index contributed by atoms with van der Waals surface area (Å²) in [6, 6.07) is 0. The molecule has 0 aromatic carbocycles. The van der Waals surface area contributed by atoms with Crippen molar-refractivity contribution in [1.82, 2.24) is 21.3 Å². The Labute approximate surface area is 157 Å². The van der Waals surface area contributed by atoms with Crippen LogP contribution in [0.25, 0.3) is 0 Å². The molecule has 4 fully saturated rings. The molecule has 4 bridgehead atoms. The second-order valence-corrected chi connectivity index (χ2v) is 9.20. The highest BCUT2D eigenvalue weighted by Gasteiger charge is 2.57. The maximum absolute atomic E-state index is 5.39. The summed E-state index contributed by atoms with van der Waals surface area (Å²) in [4.78, 5) is 0. The molecule has 4 aliphatic carbocycles. The van der Waals surface area contributed by atoms with Crippen molar-refractivity contribution in [2.45, 2.75) is 52.4 Å². The standard InChI is InChI=1S/C18H32N4S2/c1-3-19-15(23)21-11-17-6-13-5-14(7-17)9-18(8-13,10-17)12-22-16(24)20-4-2/h13-14H,3-12H2,1-2H3,(H2,19,21,23)(H2,20,22,24). The zero-order valence-corrected chi connectivity index (χ0v) is 16.7. The van der Waals surface area contributed by atoms with Crippen molar-refractivity contribution in [3.05, 3.63) is 0 Å². The normalized spacial score (nSPS) is 36.2. The van der Waals surface area contributed by atoms with Gasteiger partial charge in [-0.15, -0.1) is 0 Å². The van der Waals surface area contributed by atoms with Crippen LogP contribution in [-0.4, -0.2) is 36.4 Å². The van der Waals surface area contributed by atoms with Gasteiger partial charge in [0.2, 0.25) is 0 Å². The lowest BCUT2D eigenvalue weighted by Crippen LogP contribution is -2.59. The van der Waals surface area contributed by atoms with Gasteiger partial charge in [0, 0.05) is 26.2 Å². The van der Waals surface area contributed by atoms with Crippen LogP contribution in [-0.2, 0) is 0 Å². The van der Waals surface area contributed by atoms with Gasteiger partial charge in [0.15, 0.2) is 10.2 Å². The minimum absolute atomic E-state index is 0.436. The van der Waals surface area contributed by atoms with Gasteiger partial charge in [0.25, 0.3) is 0 Å². The molecule has 0 spiro atoms. The van der Waals surface area contributed by atoms with Gasteiger partial charge in [0.05, 0.1) is 0 Å². The van der Waals surface area contributed by atoms with E-state index in [2.05, 4.69) is 35.1 Å². The Bertz CT molecular complexity index is 439. The number of nitrogens with one attached hydrogen (secondary N) is 4. The van der Waals surface area contributed by atoms with Crippen molar-refractivity contribution in [2.24, 2.45) is 22.7 Å². The predicted molar refractivity (Wildman–Crippen MR) is 108 cm³/mol. The fourth-order valence-corrected chi connectivity index (χ4v) is 6.48. The van der Waals surface area contributed by atoms with Crippen molar-refractivity contribution >= 4 is 34.7 Å². The molecule has 4 rings (SSSR count). The molecule has 0 aliphatic heterocycles. The van der Waals surface area contributed by atoms with Gasteiger partial charge in [-0.25, -0.2) is 0 Å². The molecule has 0 saturated heterocycles. The van der Waals surface area contributed by atoms with E-state index in [-0.39, 0.29) is 0 Å². The lowest BCUT2D eigenvalue weighted by Gasteiger charge is -2.62. The van der Waals surface area contributed by atoms with Crippen molar-refractivity contribution < 1.29 is 0 Å². The summed E-state index contributed by atoms with van der Waals surface area (Å²) >= 11 is 10.8. The van der Waals surface area contributed by atoms with Crippen LogP contribution in [0.2, 0.25) is 0 Å². The van der Waals surface area contributed by atoms with E-state index in [4.69, 9.17) is 24.4 Å². The molecule has 0 radical (unpaired) electrons. The van der Waals surface area contributed by atoms with Gasteiger partial charge in [-0.2, -0.15) is 0 Å². The molecule has 0 heterocycles. The van der Waals surface area contributed by atoms with Crippen LogP contribution in [0.4, 0.5) is 0 Å². The highest BCUT2D eigenvalue weighted by Crippen LogP contribution is 2.64. The molecule has 4 nitrogen and oxygen atoms in total. The third kappa shape index (κ3) is 3.96. The lowest BCUT2D eigenvalue weighted by atomic mass is 9.44. The Kier molecular flexibility index (Phi) is 5.55. The summed E-state index contributed by atoms with van der Waals surface area (Å²) in [6.07, 6.45) is 8.28. The first-order chi connectivity index (χ1) is 11.5. The van der Waals surface area contributed by atoms with Crippen LogP contribution in [0.5, 0.6) is 0 Å². The van der Waals surface area contributed by atoms with E-state index >= 15 is 0 Å². The Hall–Kier alpha value is -0.620. The van der Waals surface area contributed by atoms with Crippen LogP contribution < -0.4 is 21.3 Å². The molecule has 4 saturated carbocycles. The van der Waals surface area contributed by atoms with E-state index in [1.54, 1.807) is 0 Å². The molecular formula is C18H32N4S2. The van der Waals surface area contributed by atoms with Gasteiger partial charge < -0.3 is 21.3 Å². The monoisotopic (exact) mass is 368 g/mol. The molecule has 0 amide bonds. The molecule has 0 aromatic heterocycles. The van der Waals surface area contributed by atoms with Crippen molar-refractivity contribution in [1.29, 1.82) is 0 Å². The zero-order valence-electron chi connectivity index (χ0n) is 15.0. The maximum atomic E-state index is 5.39. The second kappa shape index (κ2) is 7.32. The quantitative estimate of drug-likeness (QED) is 0.541. The number of thiocarbonyl (C=S) groups is 2. The number of hydrogen-bond donors (Lipinski definition) is 4. The first-order valence-corrected chi connectivity index (χ1v) is 10.3. The maximum Gasteiger partial charge on any atom is 0.166 e. The Balaban J connectivity index is 1.63. The molecule has 136 valence electrons. The van der Waals surface area contributed by atoms with E-state index in [9.17, 15) is 0 Å². The summed E-state index contributed by atoms with van der Waals surface area (Å²) in [5.41, 5.74) is 0.871. The van der Waals surface area contributed by atoms with Crippen molar-refractivity contribution in [2.75, 3.05) is 26.2 Å². The number of hydrogen-bond acceptors (Lipinski definition) is 2. The molecule has 0 atom stereocenters. The molecule has 0 aromatic rings. The van der Waals surface area contributed by atoms with Crippen molar-refractivity contribution in [3.8, 4) is 0 Å².